The third-order valence-electron chi connectivity index (χ3n) is 4.85. The van der Waals surface area contributed by atoms with Crippen molar-refractivity contribution in [3.8, 4) is 16.3 Å². The second kappa shape index (κ2) is 9.62. The number of amides is 1. The molecular formula is C21H18ClF3N4O3S. The molecule has 1 aliphatic heterocycles. The van der Waals surface area contributed by atoms with Crippen LogP contribution in [-0.2, 0) is 10.9 Å². The lowest BCUT2D eigenvalue weighted by Gasteiger charge is -2.16. The molecule has 0 radical (unpaired) electrons. The fourth-order valence-corrected chi connectivity index (χ4v) is 4.09. The molecule has 3 heterocycles. The van der Waals surface area contributed by atoms with Crippen molar-refractivity contribution in [2.75, 3.05) is 13.2 Å². The summed E-state index contributed by atoms with van der Waals surface area (Å²) in [6.45, 7) is 2.66. The average Bonchev–Trinajstić information content (AvgIpc) is 3.44. The molecule has 0 bridgehead atoms. The van der Waals surface area contributed by atoms with E-state index in [1.165, 1.54) is 23.6 Å². The summed E-state index contributed by atoms with van der Waals surface area (Å²) < 4.78 is 50.0. The van der Waals surface area contributed by atoms with Crippen LogP contribution >= 0.6 is 22.9 Å². The van der Waals surface area contributed by atoms with E-state index in [-0.39, 0.29) is 11.8 Å². The fourth-order valence-electron chi connectivity index (χ4n) is 3.19. The molecule has 2 atom stereocenters. The highest BCUT2D eigenvalue weighted by Gasteiger charge is 2.33. The maximum Gasteiger partial charge on any atom is 0.435 e. The molecule has 12 heteroatoms. The zero-order valence-electron chi connectivity index (χ0n) is 17.2. The minimum absolute atomic E-state index is 0.127. The first-order chi connectivity index (χ1) is 15.7. The van der Waals surface area contributed by atoms with Gasteiger partial charge in [0.05, 0.1) is 31.1 Å². The summed E-state index contributed by atoms with van der Waals surface area (Å²) in [6, 6.07) is 6.34. The Balaban J connectivity index is 1.56. The summed E-state index contributed by atoms with van der Waals surface area (Å²) in [5.74, 6) is 0.0164. The van der Waals surface area contributed by atoms with Crippen molar-refractivity contribution in [2.45, 2.75) is 31.7 Å². The van der Waals surface area contributed by atoms with Gasteiger partial charge in [-0.25, -0.2) is 4.98 Å². The van der Waals surface area contributed by atoms with E-state index in [1.807, 2.05) is 0 Å². The van der Waals surface area contributed by atoms with Crippen LogP contribution in [0.25, 0.3) is 10.6 Å². The van der Waals surface area contributed by atoms with E-state index >= 15 is 0 Å². The molecule has 2 aromatic heterocycles. The summed E-state index contributed by atoms with van der Waals surface area (Å²) in [7, 11) is 0. The first-order valence-corrected chi connectivity index (χ1v) is 11.1. The first-order valence-electron chi connectivity index (χ1n) is 9.92. The smallest absolute Gasteiger partial charge is 0.435 e. The summed E-state index contributed by atoms with van der Waals surface area (Å²) in [4.78, 5) is 17.2. The molecule has 1 aliphatic rings. The van der Waals surface area contributed by atoms with E-state index in [1.54, 1.807) is 25.1 Å². The standard InChI is InChI=1S/C21H18ClF3N4O3S/c1-11(16-2-3-17(29-28-16)21(23,24)25)27-19(30)12-6-13(20-26-9-18(22)33-20)8-15(7-12)32-14-4-5-31-10-14/h2-3,6-9,11,14H,4-5,10H2,1H3,(H,27,30)/t11?,14-/m0/s1. The summed E-state index contributed by atoms with van der Waals surface area (Å²) in [6.07, 6.45) is -2.46. The topological polar surface area (TPSA) is 86.2 Å². The van der Waals surface area contributed by atoms with Gasteiger partial charge in [-0.05, 0) is 37.3 Å². The van der Waals surface area contributed by atoms with Crippen molar-refractivity contribution in [3.05, 3.63) is 57.8 Å². The Morgan fingerprint density at radius 3 is 2.73 bits per heavy atom. The minimum Gasteiger partial charge on any atom is -0.488 e. The van der Waals surface area contributed by atoms with Gasteiger partial charge < -0.3 is 14.8 Å². The van der Waals surface area contributed by atoms with Gasteiger partial charge in [0, 0.05) is 17.5 Å². The number of benzene rings is 1. The van der Waals surface area contributed by atoms with Crippen LogP contribution in [0.4, 0.5) is 13.2 Å². The molecule has 0 spiro atoms. The molecule has 1 amide bonds. The number of carbonyl (C=O) groups excluding carboxylic acids is 1. The number of nitrogens with zero attached hydrogens (tertiary/aromatic N) is 3. The maximum atomic E-state index is 13.0. The lowest BCUT2D eigenvalue weighted by molar-refractivity contribution is -0.141. The van der Waals surface area contributed by atoms with Crippen LogP contribution in [0.3, 0.4) is 0 Å². The number of thiazole rings is 1. The highest BCUT2D eigenvalue weighted by molar-refractivity contribution is 7.18. The first kappa shape index (κ1) is 23.4. The van der Waals surface area contributed by atoms with Gasteiger partial charge in [0.15, 0.2) is 5.69 Å². The van der Waals surface area contributed by atoms with Gasteiger partial charge in [-0.2, -0.15) is 18.3 Å². The molecule has 33 heavy (non-hydrogen) atoms. The molecular weight excluding hydrogens is 481 g/mol. The molecule has 0 saturated carbocycles. The second-order valence-corrected chi connectivity index (χ2v) is 9.02. The monoisotopic (exact) mass is 498 g/mol. The van der Waals surface area contributed by atoms with Gasteiger partial charge in [0.25, 0.3) is 5.91 Å². The lowest BCUT2D eigenvalue weighted by atomic mass is 10.1. The molecule has 7 nitrogen and oxygen atoms in total. The van der Waals surface area contributed by atoms with Crippen molar-refractivity contribution < 1.29 is 27.4 Å². The Kier molecular flexibility index (Phi) is 6.82. The SMILES string of the molecule is CC(NC(=O)c1cc(O[C@H]2CCOC2)cc(-c2ncc(Cl)s2)c1)c1ccc(C(F)(F)F)nn1. The van der Waals surface area contributed by atoms with Gasteiger partial charge in [-0.15, -0.1) is 16.4 Å². The number of nitrogens with one attached hydrogen (secondary N) is 1. The number of hydrogen-bond donors (Lipinski definition) is 1. The molecule has 0 aliphatic carbocycles. The number of hydrogen-bond acceptors (Lipinski definition) is 7. The average molecular weight is 499 g/mol. The molecule has 1 N–H and O–H groups in total. The van der Waals surface area contributed by atoms with Crippen molar-refractivity contribution in [3.63, 3.8) is 0 Å². The normalized spacial score (nSPS) is 17.1. The molecule has 1 aromatic carbocycles. The molecule has 1 unspecified atom stereocenters. The summed E-state index contributed by atoms with van der Waals surface area (Å²) in [5.41, 5.74) is 0.0333. The van der Waals surface area contributed by atoms with E-state index in [2.05, 4.69) is 20.5 Å². The van der Waals surface area contributed by atoms with Crippen molar-refractivity contribution >= 4 is 28.8 Å². The van der Waals surface area contributed by atoms with Crippen LogP contribution in [0.5, 0.6) is 5.75 Å². The van der Waals surface area contributed by atoms with Gasteiger partial charge in [-0.3, -0.25) is 4.79 Å². The van der Waals surface area contributed by atoms with Crippen LogP contribution in [0, 0.1) is 0 Å². The zero-order chi connectivity index (χ0) is 23.6. The quantitative estimate of drug-likeness (QED) is 0.518. The van der Waals surface area contributed by atoms with Gasteiger partial charge in [0.2, 0.25) is 0 Å². The zero-order valence-corrected chi connectivity index (χ0v) is 18.8. The number of aromatic nitrogens is 3. The van der Waals surface area contributed by atoms with Crippen LogP contribution in [-0.4, -0.2) is 40.4 Å². The fraction of sp³-hybridized carbons (Fsp3) is 0.333. The third-order valence-corrected chi connectivity index (χ3v) is 6.01. The van der Waals surface area contributed by atoms with E-state index < -0.39 is 23.8 Å². The van der Waals surface area contributed by atoms with E-state index in [0.29, 0.717) is 39.4 Å². The van der Waals surface area contributed by atoms with Crippen molar-refractivity contribution in [1.82, 2.24) is 20.5 Å². The lowest BCUT2D eigenvalue weighted by Crippen LogP contribution is -2.28. The molecule has 3 aromatic rings. The number of carbonyl (C=O) groups is 1. The van der Waals surface area contributed by atoms with Crippen LogP contribution in [0.1, 0.15) is 41.1 Å². The van der Waals surface area contributed by atoms with E-state index in [0.717, 1.165) is 12.5 Å². The highest BCUT2D eigenvalue weighted by Crippen LogP contribution is 2.32. The number of ether oxygens (including phenoxy) is 2. The Labute approximate surface area is 195 Å². The Morgan fingerprint density at radius 2 is 2.12 bits per heavy atom. The van der Waals surface area contributed by atoms with Crippen LogP contribution < -0.4 is 10.1 Å². The summed E-state index contributed by atoms with van der Waals surface area (Å²) in [5, 5.41) is 10.1. The van der Waals surface area contributed by atoms with Crippen molar-refractivity contribution in [1.29, 1.82) is 0 Å². The van der Waals surface area contributed by atoms with Gasteiger partial charge >= 0.3 is 6.18 Å². The van der Waals surface area contributed by atoms with E-state index in [9.17, 15) is 18.0 Å². The molecule has 174 valence electrons. The van der Waals surface area contributed by atoms with Gasteiger partial charge in [-0.1, -0.05) is 11.6 Å². The Bertz CT molecular complexity index is 1130. The van der Waals surface area contributed by atoms with Crippen molar-refractivity contribution in [2.24, 2.45) is 0 Å². The Morgan fingerprint density at radius 1 is 1.30 bits per heavy atom. The predicted molar refractivity (Wildman–Crippen MR) is 115 cm³/mol. The largest absolute Gasteiger partial charge is 0.488 e. The van der Waals surface area contributed by atoms with Crippen LogP contribution in [0.2, 0.25) is 4.34 Å². The van der Waals surface area contributed by atoms with Gasteiger partial charge in [0.1, 0.15) is 21.2 Å². The number of halogens is 4. The number of rotatable bonds is 6. The number of alkyl halides is 3. The predicted octanol–water partition coefficient (Wildman–Crippen LogP) is 4.93. The second-order valence-electron chi connectivity index (χ2n) is 7.36. The minimum atomic E-state index is -4.59. The molecule has 1 saturated heterocycles. The highest BCUT2D eigenvalue weighted by atomic mass is 35.5. The van der Waals surface area contributed by atoms with E-state index in [4.69, 9.17) is 21.1 Å². The maximum absolute atomic E-state index is 13.0. The van der Waals surface area contributed by atoms with Crippen LogP contribution in [0.15, 0.2) is 36.5 Å². The summed E-state index contributed by atoms with van der Waals surface area (Å²) >= 11 is 7.27. The Hall–Kier alpha value is -2.76. The molecule has 4 rings (SSSR count). The molecule has 1 fully saturated rings. The third kappa shape index (κ3) is 5.79.